The van der Waals surface area contributed by atoms with E-state index in [2.05, 4.69) is 10.3 Å². The van der Waals surface area contributed by atoms with Gasteiger partial charge in [-0.25, -0.2) is 4.98 Å². The van der Waals surface area contributed by atoms with Gasteiger partial charge in [0.05, 0.1) is 6.20 Å². The van der Waals surface area contributed by atoms with Gasteiger partial charge in [-0.1, -0.05) is 36.4 Å². The molecule has 6 nitrogen and oxygen atoms in total. The zero-order valence-electron chi connectivity index (χ0n) is 16.7. The monoisotopic (exact) mass is 391 g/mol. The summed E-state index contributed by atoms with van der Waals surface area (Å²) in [6.45, 7) is 5.18. The first-order chi connectivity index (χ1) is 14.1. The predicted octanol–water partition coefficient (Wildman–Crippen LogP) is 4.39. The lowest BCUT2D eigenvalue weighted by atomic mass is 10.1. The van der Waals surface area contributed by atoms with Gasteiger partial charge in [0.25, 0.3) is 5.91 Å². The van der Waals surface area contributed by atoms with Crippen LogP contribution in [0.4, 0.5) is 5.69 Å². The summed E-state index contributed by atoms with van der Waals surface area (Å²) in [4.78, 5) is 30.8. The van der Waals surface area contributed by atoms with Gasteiger partial charge in [-0.05, 0) is 32.0 Å². The van der Waals surface area contributed by atoms with Crippen LogP contribution in [0, 0.1) is 0 Å². The number of hydrogen-bond acceptors (Lipinski definition) is 4. The first kappa shape index (κ1) is 20.3. The molecule has 0 unspecified atom stereocenters. The minimum Gasteiger partial charge on any atom is -0.441 e. The summed E-state index contributed by atoms with van der Waals surface area (Å²) in [5.41, 5.74) is 2.11. The van der Waals surface area contributed by atoms with Crippen LogP contribution in [-0.2, 0) is 11.2 Å². The fourth-order valence-electron chi connectivity index (χ4n) is 3.03. The molecule has 0 aliphatic carbocycles. The molecule has 0 radical (unpaired) electrons. The molecule has 29 heavy (non-hydrogen) atoms. The Morgan fingerprint density at radius 2 is 1.79 bits per heavy atom. The van der Waals surface area contributed by atoms with E-state index >= 15 is 0 Å². The largest absolute Gasteiger partial charge is 0.441 e. The molecule has 0 saturated heterocycles. The maximum atomic E-state index is 12.5. The van der Waals surface area contributed by atoms with Gasteiger partial charge < -0.3 is 14.6 Å². The summed E-state index contributed by atoms with van der Waals surface area (Å²) < 4.78 is 5.73. The van der Waals surface area contributed by atoms with Gasteiger partial charge in [-0.2, -0.15) is 0 Å². The summed E-state index contributed by atoms with van der Waals surface area (Å²) >= 11 is 0. The molecule has 2 amide bonds. The average Bonchev–Trinajstić information content (AvgIpc) is 3.23. The fraction of sp³-hybridized carbons (Fsp3) is 0.261. The van der Waals surface area contributed by atoms with Crippen LogP contribution in [-0.4, -0.2) is 34.8 Å². The molecule has 0 atom stereocenters. The number of aromatic nitrogens is 1. The van der Waals surface area contributed by atoms with Gasteiger partial charge in [0.15, 0.2) is 11.7 Å². The summed E-state index contributed by atoms with van der Waals surface area (Å²) in [5.74, 6) is 1.00. The molecule has 0 saturated carbocycles. The average molecular weight is 391 g/mol. The first-order valence-corrected chi connectivity index (χ1v) is 9.80. The number of benzene rings is 2. The van der Waals surface area contributed by atoms with E-state index < -0.39 is 0 Å². The number of nitrogens with zero attached hydrogens (tertiary/aromatic N) is 2. The van der Waals surface area contributed by atoms with Crippen molar-refractivity contribution in [2.75, 3.05) is 18.4 Å². The van der Waals surface area contributed by atoms with Crippen molar-refractivity contribution in [2.24, 2.45) is 0 Å². The van der Waals surface area contributed by atoms with Crippen LogP contribution in [0.5, 0.6) is 0 Å². The number of hydrogen-bond donors (Lipinski definition) is 1. The molecule has 0 aliphatic heterocycles. The van der Waals surface area contributed by atoms with E-state index in [4.69, 9.17) is 4.42 Å². The highest BCUT2D eigenvalue weighted by Gasteiger charge is 2.14. The molecule has 0 spiro atoms. The van der Waals surface area contributed by atoms with E-state index in [-0.39, 0.29) is 18.2 Å². The van der Waals surface area contributed by atoms with Gasteiger partial charge in [-0.3, -0.25) is 9.59 Å². The summed E-state index contributed by atoms with van der Waals surface area (Å²) in [7, 11) is 0. The fourth-order valence-corrected chi connectivity index (χ4v) is 3.03. The van der Waals surface area contributed by atoms with Crippen LogP contribution in [0.2, 0.25) is 0 Å². The Morgan fingerprint density at radius 3 is 2.52 bits per heavy atom. The molecular formula is C23H25N3O3. The lowest BCUT2D eigenvalue weighted by molar-refractivity contribution is -0.116. The van der Waals surface area contributed by atoms with Crippen molar-refractivity contribution in [1.29, 1.82) is 0 Å². The van der Waals surface area contributed by atoms with Crippen molar-refractivity contribution in [3.8, 4) is 11.3 Å². The van der Waals surface area contributed by atoms with Crippen molar-refractivity contribution < 1.29 is 14.0 Å². The minimum atomic E-state index is -0.156. The number of nitrogens with one attached hydrogen (secondary N) is 1. The van der Waals surface area contributed by atoms with Crippen molar-refractivity contribution in [1.82, 2.24) is 9.88 Å². The Morgan fingerprint density at radius 1 is 1.03 bits per heavy atom. The van der Waals surface area contributed by atoms with Gasteiger partial charge in [0.1, 0.15) is 0 Å². The highest BCUT2D eigenvalue weighted by atomic mass is 16.4. The number of amides is 2. The molecule has 1 heterocycles. The molecule has 3 aromatic rings. The number of aryl methyl sites for hydroxylation is 1. The molecule has 3 rings (SSSR count). The number of anilines is 1. The van der Waals surface area contributed by atoms with Crippen LogP contribution in [0.3, 0.4) is 0 Å². The lowest BCUT2D eigenvalue weighted by Gasteiger charge is -2.19. The molecular weight excluding hydrogens is 366 g/mol. The second-order valence-electron chi connectivity index (χ2n) is 6.59. The molecule has 1 N–H and O–H groups in total. The summed E-state index contributed by atoms with van der Waals surface area (Å²) in [6.07, 6.45) is 2.31. The van der Waals surface area contributed by atoms with Crippen molar-refractivity contribution in [3.05, 3.63) is 72.2 Å². The highest BCUT2D eigenvalue weighted by molar-refractivity contribution is 5.97. The molecule has 6 heteroatoms. The van der Waals surface area contributed by atoms with Gasteiger partial charge >= 0.3 is 0 Å². The second-order valence-corrected chi connectivity index (χ2v) is 6.59. The highest BCUT2D eigenvalue weighted by Crippen LogP contribution is 2.20. The zero-order valence-corrected chi connectivity index (χ0v) is 16.7. The Bertz CT molecular complexity index is 962. The Labute approximate surface area is 170 Å². The van der Waals surface area contributed by atoms with Gasteiger partial charge in [-0.15, -0.1) is 0 Å². The third-order valence-electron chi connectivity index (χ3n) is 4.62. The Balaban J connectivity index is 1.57. The molecule has 1 aromatic heterocycles. The second kappa shape index (κ2) is 9.68. The molecule has 2 aromatic carbocycles. The number of carbonyl (C=O) groups excluding carboxylic acids is 2. The van der Waals surface area contributed by atoms with Crippen LogP contribution in [0.25, 0.3) is 11.3 Å². The molecule has 0 fully saturated rings. The maximum Gasteiger partial charge on any atom is 0.253 e. The van der Waals surface area contributed by atoms with Crippen LogP contribution >= 0.6 is 0 Å². The van der Waals surface area contributed by atoms with E-state index in [1.54, 1.807) is 35.4 Å². The lowest BCUT2D eigenvalue weighted by Crippen LogP contribution is -2.30. The van der Waals surface area contributed by atoms with Crippen molar-refractivity contribution in [2.45, 2.75) is 26.7 Å². The standard InChI is InChI=1S/C23H25N3O3/c1-3-26(4-2)23(28)18-11-8-12-19(15-18)25-21(27)13-14-22-24-16-20(29-22)17-9-6-5-7-10-17/h5-12,15-16H,3-4,13-14H2,1-2H3,(H,25,27). The molecule has 0 bridgehead atoms. The van der Waals surface area contributed by atoms with Crippen LogP contribution in [0.15, 0.2) is 65.2 Å². The van der Waals surface area contributed by atoms with E-state index in [0.717, 1.165) is 5.56 Å². The summed E-state index contributed by atoms with van der Waals surface area (Å²) in [6, 6.07) is 16.7. The number of oxazole rings is 1. The number of carbonyl (C=O) groups is 2. The Hall–Kier alpha value is -3.41. The van der Waals surface area contributed by atoms with E-state index in [1.807, 2.05) is 44.2 Å². The van der Waals surface area contributed by atoms with E-state index in [1.165, 1.54) is 0 Å². The topological polar surface area (TPSA) is 75.4 Å². The summed E-state index contributed by atoms with van der Waals surface area (Å²) in [5, 5.41) is 2.84. The SMILES string of the molecule is CCN(CC)C(=O)c1cccc(NC(=O)CCc2ncc(-c3ccccc3)o2)c1. The van der Waals surface area contributed by atoms with Crippen molar-refractivity contribution >= 4 is 17.5 Å². The maximum absolute atomic E-state index is 12.5. The van der Waals surface area contributed by atoms with Gasteiger partial charge in [0.2, 0.25) is 5.91 Å². The molecule has 150 valence electrons. The van der Waals surface area contributed by atoms with E-state index in [0.29, 0.717) is 42.4 Å². The normalized spacial score (nSPS) is 10.6. The number of rotatable bonds is 8. The molecule has 0 aliphatic rings. The van der Waals surface area contributed by atoms with E-state index in [9.17, 15) is 9.59 Å². The quantitative estimate of drug-likeness (QED) is 0.618. The first-order valence-electron chi connectivity index (χ1n) is 9.80. The van der Waals surface area contributed by atoms with Crippen LogP contribution in [0.1, 0.15) is 36.5 Å². The zero-order chi connectivity index (χ0) is 20.6. The Kier molecular flexibility index (Phi) is 6.79. The van der Waals surface area contributed by atoms with Crippen LogP contribution < -0.4 is 5.32 Å². The van der Waals surface area contributed by atoms with Crippen molar-refractivity contribution in [3.63, 3.8) is 0 Å². The smallest absolute Gasteiger partial charge is 0.253 e. The van der Waals surface area contributed by atoms with Gasteiger partial charge in [0, 0.05) is 42.7 Å². The third kappa shape index (κ3) is 5.31. The predicted molar refractivity (Wildman–Crippen MR) is 113 cm³/mol. The third-order valence-corrected chi connectivity index (χ3v) is 4.62. The minimum absolute atomic E-state index is 0.0423.